The van der Waals surface area contributed by atoms with E-state index in [1.165, 1.54) is 82.7 Å². The number of benzene rings is 12. The molecule has 15 rings (SSSR count). The maximum Gasteiger partial charge on any atom is 0.136 e. The van der Waals surface area contributed by atoms with Crippen LogP contribution in [0.2, 0.25) is 0 Å². The highest BCUT2D eigenvalue weighted by Crippen LogP contribution is 2.65. The minimum absolute atomic E-state index is 0.483. The second kappa shape index (κ2) is 15.4. The molecule has 2 heteroatoms. The van der Waals surface area contributed by atoms with E-state index in [2.05, 4.69) is 266 Å². The molecule has 1 aromatic heterocycles. The Kier molecular flexibility index (Phi) is 8.61. The average molecular weight is 902 g/mol. The Bertz CT molecular complexity index is 4260. The predicted octanol–water partition coefficient (Wildman–Crippen LogP) is 18.7. The summed E-state index contributed by atoms with van der Waals surface area (Å²) < 4.78 is 6.70. The zero-order valence-corrected chi connectivity index (χ0v) is 38.7. The molecule has 0 aliphatic heterocycles. The van der Waals surface area contributed by atoms with Gasteiger partial charge in [0.15, 0.2) is 0 Å². The van der Waals surface area contributed by atoms with E-state index < -0.39 is 5.41 Å². The second-order valence-corrected chi connectivity index (χ2v) is 19.1. The fraction of sp³-hybridized carbons (Fsp3) is 0.0145. The minimum atomic E-state index is -0.483. The van der Waals surface area contributed by atoms with Gasteiger partial charge >= 0.3 is 0 Å². The molecule has 0 unspecified atom stereocenters. The lowest BCUT2D eigenvalue weighted by molar-refractivity contribution is 0.669. The molecular weight excluding hydrogens is 859 g/mol. The number of nitrogens with zero attached hydrogens (tertiary/aromatic N) is 1. The summed E-state index contributed by atoms with van der Waals surface area (Å²) in [4.78, 5) is 2.52. The van der Waals surface area contributed by atoms with Crippen LogP contribution < -0.4 is 4.90 Å². The lowest BCUT2D eigenvalue weighted by Crippen LogP contribution is -2.26. The summed E-state index contributed by atoms with van der Waals surface area (Å²) in [7, 11) is 0. The van der Waals surface area contributed by atoms with Crippen molar-refractivity contribution in [3.63, 3.8) is 0 Å². The molecule has 71 heavy (non-hydrogen) atoms. The topological polar surface area (TPSA) is 16.4 Å². The molecule has 330 valence electrons. The van der Waals surface area contributed by atoms with Crippen LogP contribution in [0.5, 0.6) is 0 Å². The zero-order valence-electron chi connectivity index (χ0n) is 38.7. The molecule has 0 radical (unpaired) electrons. The largest absolute Gasteiger partial charge is 0.456 e. The van der Waals surface area contributed by atoms with Gasteiger partial charge in [0.2, 0.25) is 0 Å². The standard InChI is InChI=1S/C69H43NO/c1-2-19-48-43-66-58(42-47(48)18-1)67-56(29-15-36-65(67)71-66)55-26-8-12-34-63(55)70(50-39-37-44(38-40-50)46-21-13-22-49(41-46)52-28-14-20-45-17-3-4-23-51(45)52)64-35-16-33-62-68(64)57-27-7-11-32-61(57)69(62)59-30-9-5-24-53(59)54-25-6-10-31-60(54)69/h1-43H. The molecule has 2 aliphatic rings. The summed E-state index contributed by atoms with van der Waals surface area (Å²) in [5.74, 6) is 0. The second-order valence-electron chi connectivity index (χ2n) is 19.1. The van der Waals surface area contributed by atoms with Crippen LogP contribution in [0.25, 0.3) is 99.1 Å². The molecule has 0 fully saturated rings. The van der Waals surface area contributed by atoms with Gasteiger partial charge in [-0.3, -0.25) is 0 Å². The first-order chi connectivity index (χ1) is 35.2. The third kappa shape index (κ3) is 5.77. The summed E-state index contributed by atoms with van der Waals surface area (Å²) in [6, 6.07) is 96.2. The Hall–Kier alpha value is -9.24. The van der Waals surface area contributed by atoms with Crippen LogP contribution in [0.4, 0.5) is 17.1 Å². The summed E-state index contributed by atoms with van der Waals surface area (Å²) in [6.45, 7) is 0. The van der Waals surface area contributed by atoms with Gasteiger partial charge in [0.25, 0.3) is 0 Å². The van der Waals surface area contributed by atoms with E-state index in [1.54, 1.807) is 0 Å². The molecule has 2 nitrogen and oxygen atoms in total. The Morgan fingerprint density at radius 2 is 0.831 bits per heavy atom. The Balaban J connectivity index is 0.966. The van der Waals surface area contributed by atoms with Gasteiger partial charge in [0.05, 0.1) is 16.8 Å². The zero-order chi connectivity index (χ0) is 46.6. The van der Waals surface area contributed by atoms with Crippen molar-refractivity contribution in [3.8, 4) is 55.6 Å². The van der Waals surface area contributed by atoms with E-state index >= 15 is 0 Å². The highest BCUT2D eigenvalue weighted by Gasteiger charge is 2.52. The third-order valence-electron chi connectivity index (χ3n) is 15.5. The molecule has 0 saturated heterocycles. The Morgan fingerprint density at radius 3 is 1.62 bits per heavy atom. The molecule has 1 spiro atoms. The number of rotatable bonds is 6. The van der Waals surface area contributed by atoms with Crippen LogP contribution in [0, 0.1) is 0 Å². The Morgan fingerprint density at radius 1 is 0.296 bits per heavy atom. The molecule has 13 aromatic rings. The molecular formula is C69H43NO. The number of fused-ring (bicyclic) bond motifs is 15. The molecule has 1 heterocycles. The molecule has 0 bridgehead atoms. The van der Waals surface area contributed by atoms with Crippen LogP contribution in [0.3, 0.4) is 0 Å². The SMILES string of the molecule is c1cc(-c2ccc(N(c3ccccc3-c3cccc4oc5cc6ccccc6cc5c34)c3cccc4c3-c3ccccc3C43c4ccccc4-c4ccccc43)cc2)cc(-c2cccc3ccccc23)c1. The minimum Gasteiger partial charge on any atom is -0.456 e. The first-order valence-corrected chi connectivity index (χ1v) is 24.6. The lowest BCUT2D eigenvalue weighted by Gasteiger charge is -2.32. The van der Waals surface area contributed by atoms with Crippen molar-refractivity contribution >= 4 is 60.5 Å². The van der Waals surface area contributed by atoms with Crippen LogP contribution >= 0.6 is 0 Å². The summed E-state index contributed by atoms with van der Waals surface area (Å²) >= 11 is 0. The number of hydrogen-bond acceptors (Lipinski definition) is 2. The number of hydrogen-bond donors (Lipinski definition) is 0. The maximum absolute atomic E-state index is 6.70. The fourth-order valence-electron chi connectivity index (χ4n) is 12.5. The van der Waals surface area contributed by atoms with Crippen LogP contribution in [0.1, 0.15) is 22.3 Å². The average Bonchev–Trinajstić information content (AvgIpc) is 4.07. The van der Waals surface area contributed by atoms with Crippen molar-refractivity contribution in [2.75, 3.05) is 4.90 Å². The number of anilines is 3. The van der Waals surface area contributed by atoms with Crippen molar-refractivity contribution in [1.29, 1.82) is 0 Å². The van der Waals surface area contributed by atoms with Crippen molar-refractivity contribution < 1.29 is 4.42 Å². The molecule has 0 N–H and O–H groups in total. The monoisotopic (exact) mass is 901 g/mol. The van der Waals surface area contributed by atoms with Gasteiger partial charge in [-0.1, -0.05) is 212 Å². The van der Waals surface area contributed by atoms with Gasteiger partial charge in [0.1, 0.15) is 11.2 Å². The quantitative estimate of drug-likeness (QED) is 0.165. The molecule has 2 aliphatic carbocycles. The van der Waals surface area contributed by atoms with E-state index in [1.807, 2.05) is 0 Å². The summed E-state index contributed by atoms with van der Waals surface area (Å²) in [5, 5.41) is 7.09. The van der Waals surface area contributed by atoms with Crippen molar-refractivity contribution in [2.45, 2.75) is 5.41 Å². The number of furan rings is 1. The maximum atomic E-state index is 6.70. The molecule has 12 aromatic carbocycles. The van der Waals surface area contributed by atoms with Gasteiger partial charge in [-0.25, -0.2) is 0 Å². The van der Waals surface area contributed by atoms with Gasteiger partial charge in [-0.05, 0) is 137 Å². The highest BCUT2D eigenvalue weighted by molar-refractivity contribution is 6.17. The molecule has 0 amide bonds. The fourth-order valence-corrected chi connectivity index (χ4v) is 12.5. The first kappa shape index (κ1) is 39.7. The van der Waals surface area contributed by atoms with E-state index in [0.717, 1.165) is 55.7 Å². The van der Waals surface area contributed by atoms with E-state index in [0.29, 0.717) is 0 Å². The van der Waals surface area contributed by atoms with Crippen molar-refractivity contribution in [2.24, 2.45) is 0 Å². The predicted molar refractivity (Wildman–Crippen MR) is 296 cm³/mol. The molecule has 0 saturated carbocycles. The van der Waals surface area contributed by atoms with E-state index in [-0.39, 0.29) is 0 Å². The van der Waals surface area contributed by atoms with Crippen LogP contribution in [-0.2, 0) is 5.41 Å². The first-order valence-electron chi connectivity index (χ1n) is 24.6. The lowest BCUT2D eigenvalue weighted by atomic mass is 9.70. The molecule has 0 atom stereocenters. The van der Waals surface area contributed by atoms with Gasteiger partial charge in [-0.15, -0.1) is 0 Å². The van der Waals surface area contributed by atoms with Gasteiger partial charge in [-0.2, -0.15) is 0 Å². The normalized spacial score (nSPS) is 12.9. The summed E-state index contributed by atoms with van der Waals surface area (Å²) in [6.07, 6.45) is 0. The Labute approximate surface area is 412 Å². The highest BCUT2D eigenvalue weighted by atomic mass is 16.3. The van der Waals surface area contributed by atoms with E-state index in [9.17, 15) is 0 Å². The van der Waals surface area contributed by atoms with E-state index in [4.69, 9.17) is 4.42 Å². The van der Waals surface area contributed by atoms with Gasteiger partial charge in [0, 0.05) is 27.6 Å². The van der Waals surface area contributed by atoms with Crippen molar-refractivity contribution in [1.82, 2.24) is 0 Å². The van der Waals surface area contributed by atoms with Crippen molar-refractivity contribution in [3.05, 3.63) is 283 Å². The van der Waals surface area contributed by atoms with Crippen LogP contribution in [0.15, 0.2) is 265 Å². The summed E-state index contributed by atoms with van der Waals surface area (Å²) in [5.41, 5.74) is 22.0. The van der Waals surface area contributed by atoms with Gasteiger partial charge < -0.3 is 9.32 Å². The smallest absolute Gasteiger partial charge is 0.136 e. The van der Waals surface area contributed by atoms with Crippen LogP contribution in [-0.4, -0.2) is 0 Å². The number of para-hydroxylation sites is 1. The third-order valence-corrected chi connectivity index (χ3v) is 15.5.